The summed E-state index contributed by atoms with van der Waals surface area (Å²) in [6.07, 6.45) is 2.30. The summed E-state index contributed by atoms with van der Waals surface area (Å²) in [7, 11) is 2.94. The summed E-state index contributed by atoms with van der Waals surface area (Å²) in [4.78, 5) is 40.2. The highest BCUT2D eigenvalue weighted by atomic mass is 16.5. The number of fused-ring (bicyclic) bond motifs is 1. The van der Waals surface area contributed by atoms with Crippen LogP contribution >= 0.6 is 0 Å². The molecule has 1 aromatic carbocycles. The molecule has 0 spiro atoms. The molecule has 0 N–H and O–H groups in total. The van der Waals surface area contributed by atoms with E-state index in [2.05, 4.69) is 11.6 Å². The fraction of sp³-hybridized carbons (Fsp3) is 0.263. The lowest BCUT2D eigenvalue weighted by Crippen LogP contribution is -2.37. The van der Waals surface area contributed by atoms with Crippen LogP contribution in [0.5, 0.6) is 17.5 Å². The van der Waals surface area contributed by atoms with Gasteiger partial charge in [0.1, 0.15) is 6.29 Å². The molecule has 0 aliphatic rings. The average molecular weight is 384 g/mol. The first-order valence-corrected chi connectivity index (χ1v) is 8.59. The fourth-order valence-corrected chi connectivity index (χ4v) is 2.85. The molecule has 3 aromatic rings. The van der Waals surface area contributed by atoms with Gasteiger partial charge in [-0.3, -0.25) is 23.3 Å². The smallest absolute Gasteiger partial charge is 0.332 e. The molecule has 9 heteroatoms. The van der Waals surface area contributed by atoms with Crippen molar-refractivity contribution in [3.8, 4) is 17.5 Å². The van der Waals surface area contributed by atoms with E-state index in [0.717, 1.165) is 4.57 Å². The predicted octanol–water partition coefficient (Wildman–Crippen LogP) is 1.62. The van der Waals surface area contributed by atoms with Gasteiger partial charge in [0.2, 0.25) is 0 Å². The summed E-state index contributed by atoms with van der Waals surface area (Å²) in [5.41, 5.74) is -0.109. The largest absolute Gasteiger partial charge is 0.490 e. The molecule has 0 fully saturated rings. The molecule has 2 heterocycles. The van der Waals surface area contributed by atoms with E-state index in [1.165, 1.54) is 23.2 Å². The second-order valence-electron chi connectivity index (χ2n) is 6.03. The Morgan fingerprint density at radius 3 is 2.57 bits per heavy atom. The zero-order chi connectivity index (χ0) is 20.4. The molecule has 0 bridgehead atoms. The number of aromatic nitrogens is 4. The fourth-order valence-electron chi connectivity index (χ4n) is 2.85. The Morgan fingerprint density at radius 2 is 1.93 bits per heavy atom. The Morgan fingerprint density at radius 1 is 1.18 bits per heavy atom. The number of carbonyl (C=O) groups excluding carboxylic acids is 1. The molecule has 0 saturated heterocycles. The van der Waals surface area contributed by atoms with E-state index in [1.54, 1.807) is 24.3 Å². The molecule has 28 heavy (non-hydrogen) atoms. The van der Waals surface area contributed by atoms with Crippen molar-refractivity contribution in [1.82, 2.24) is 18.7 Å². The number of carbonyl (C=O) groups is 1. The summed E-state index contributed by atoms with van der Waals surface area (Å²) in [5.74, 6) is 0.695. The van der Waals surface area contributed by atoms with Gasteiger partial charge in [0.15, 0.2) is 22.7 Å². The van der Waals surface area contributed by atoms with Crippen LogP contribution in [-0.4, -0.2) is 31.6 Å². The summed E-state index contributed by atoms with van der Waals surface area (Å²) >= 11 is 0. The number of benzene rings is 1. The second-order valence-corrected chi connectivity index (χ2v) is 6.03. The van der Waals surface area contributed by atoms with Crippen molar-refractivity contribution >= 4 is 17.5 Å². The Kier molecular flexibility index (Phi) is 5.16. The maximum Gasteiger partial charge on any atom is 0.332 e. The number of nitrogens with zero attached hydrogens (tertiary/aromatic N) is 4. The number of hydrogen-bond acceptors (Lipinski definition) is 6. The summed E-state index contributed by atoms with van der Waals surface area (Å²) in [6.45, 7) is 6.13. The number of imidazole rings is 1. The van der Waals surface area contributed by atoms with Crippen LogP contribution in [0.25, 0.3) is 11.2 Å². The molecule has 9 nitrogen and oxygen atoms in total. The van der Waals surface area contributed by atoms with E-state index >= 15 is 0 Å². The van der Waals surface area contributed by atoms with Crippen molar-refractivity contribution in [2.24, 2.45) is 14.1 Å². The highest BCUT2D eigenvalue weighted by molar-refractivity contribution is 5.76. The Balaban J connectivity index is 2.23. The van der Waals surface area contributed by atoms with Gasteiger partial charge in [0.25, 0.3) is 5.56 Å². The van der Waals surface area contributed by atoms with Crippen LogP contribution in [-0.2, 0) is 20.6 Å². The number of rotatable bonds is 7. The van der Waals surface area contributed by atoms with Gasteiger partial charge in [0, 0.05) is 26.2 Å². The normalized spacial score (nSPS) is 10.8. The second kappa shape index (κ2) is 7.55. The van der Waals surface area contributed by atoms with Crippen molar-refractivity contribution in [2.75, 3.05) is 6.61 Å². The molecule has 0 aliphatic carbocycles. The van der Waals surface area contributed by atoms with Crippen molar-refractivity contribution in [3.05, 3.63) is 57.3 Å². The molecule has 146 valence electrons. The van der Waals surface area contributed by atoms with Crippen LogP contribution in [0.3, 0.4) is 0 Å². The van der Waals surface area contributed by atoms with Crippen molar-refractivity contribution in [2.45, 2.75) is 13.5 Å². The lowest BCUT2D eigenvalue weighted by atomic mass is 10.2. The molecule has 0 atom stereocenters. The highest BCUT2D eigenvalue weighted by Crippen LogP contribution is 2.33. The minimum absolute atomic E-state index is 0.105. The molecule has 3 rings (SSSR count). The van der Waals surface area contributed by atoms with Gasteiger partial charge in [-0.05, 0) is 25.1 Å². The van der Waals surface area contributed by atoms with E-state index in [9.17, 15) is 14.4 Å². The third kappa shape index (κ3) is 3.11. The SMILES string of the molecule is C=CCn1c(Oc2ccc(C=O)cc2OCC)nc2c1c(=O)n(C)c(=O)n2C. The minimum atomic E-state index is -0.488. The zero-order valence-corrected chi connectivity index (χ0v) is 15.8. The minimum Gasteiger partial charge on any atom is -0.490 e. The van der Waals surface area contributed by atoms with Crippen LogP contribution in [0.15, 0.2) is 40.4 Å². The number of allylic oxidation sites excluding steroid dienone is 1. The number of hydrogen-bond donors (Lipinski definition) is 0. The quantitative estimate of drug-likeness (QED) is 0.454. The van der Waals surface area contributed by atoms with Crippen LogP contribution in [0.4, 0.5) is 0 Å². The summed E-state index contributed by atoms with van der Waals surface area (Å²) in [5, 5.41) is 0. The monoisotopic (exact) mass is 384 g/mol. The van der Waals surface area contributed by atoms with Crippen LogP contribution in [0.1, 0.15) is 17.3 Å². The average Bonchev–Trinajstić information content (AvgIpc) is 3.05. The van der Waals surface area contributed by atoms with Crippen LogP contribution < -0.4 is 20.7 Å². The number of aldehydes is 1. The first-order valence-electron chi connectivity index (χ1n) is 8.59. The standard InChI is InChI=1S/C19H20N4O5/c1-5-9-23-15-16(21(3)19(26)22(4)17(15)25)20-18(23)28-13-8-7-12(11-24)10-14(13)27-6-2/h5,7-8,10-11H,1,6,9H2,2-4H3. The topological polar surface area (TPSA) is 97.3 Å². The van der Waals surface area contributed by atoms with Crippen molar-refractivity contribution < 1.29 is 14.3 Å². The third-order valence-corrected chi connectivity index (χ3v) is 4.23. The van der Waals surface area contributed by atoms with Gasteiger partial charge in [-0.2, -0.15) is 4.98 Å². The van der Waals surface area contributed by atoms with E-state index in [0.29, 0.717) is 30.0 Å². The van der Waals surface area contributed by atoms with E-state index in [4.69, 9.17) is 9.47 Å². The zero-order valence-electron chi connectivity index (χ0n) is 15.8. The Hall–Kier alpha value is -3.62. The maximum atomic E-state index is 12.7. The molecule has 2 aromatic heterocycles. The van der Waals surface area contributed by atoms with Gasteiger partial charge in [0.05, 0.1) is 6.61 Å². The lowest BCUT2D eigenvalue weighted by Gasteiger charge is -2.12. The first-order chi connectivity index (χ1) is 13.4. The third-order valence-electron chi connectivity index (χ3n) is 4.23. The molecular formula is C19H20N4O5. The first kappa shape index (κ1) is 19.2. The highest BCUT2D eigenvalue weighted by Gasteiger charge is 2.21. The van der Waals surface area contributed by atoms with Gasteiger partial charge in [-0.15, -0.1) is 6.58 Å². The number of aryl methyl sites for hydroxylation is 1. The van der Waals surface area contributed by atoms with Gasteiger partial charge in [-0.1, -0.05) is 6.08 Å². The summed E-state index contributed by atoms with van der Waals surface area (Å²) in [6, 6.07) is 4.83. The molecule has 0 unspecified atom stereocenters. The van der Waals surface area contributed by atoms with Gasteiger partial charge in [-0.25, -0.2) is 4.79 Å². The molecule has 0 saturated carbocycles. The van der Waals surface area contributed by atoms with Gasteiger partial charge < -0.3 is 9.47 Å². The van der Waals surface area contributed by atoms with E-state index in [-0.39, 0.29) is 23.7 Å². The predicted molar refractivity (Wildman–Crippen MR) is 103 cm³/mol. The Labute approximate surface area is 160 Å². The lowest BCUT2D eigenvalue weighted by molar-refractivity contribution is 0.112. The summed E-state index contributed by atoms with van der Waals surface area (Å²) < 4.78 is 15.3. The van der Waals surface area contributed by atoms with E-state index in [1.807, 2.05) is 6.92 Å². The van der Waals surface area contributed by atoms with Crippen molar-refractivity contribution in [1.29, 1.82) is 0 Å². The van der Waals surface area contributed by atoms with E-state index < -0.39 is 11.2 Å². The molecule has 0 aliphatic heterocycles. The number of ether oxygens (including phenoxy) is 2. The Bertz CT molecular complexity index is 1190. The molecule has 0 amide bonds. The molecule has 0 radical (unpaired) electrons. The maximum absolute atomic E-state index is 12.7. The molecular weight excluding hydrogens is 364 g/mol. The van der Waals surface area contributed by atoms with Gasteiger partial charge >= 0.3 is 11.7 Å². The van der Waals surface area contributed by atoms with Crippen LogP contribution in [0, 0.1) is 0 Å². The van der Waals surface area contributed by atoms with Crippen LogP contribution in [0.2, 0.25) is 0 Å². The van der Waals surface area contributed by atoms with Crippen molar-refractivity contribution in [3.63, 3.8) is 0 Å².